The molecule has 0 aliphatic heterocycles. The Hall–Kier alpha value is -0.630. The summed E-state index contributed by atoms with van der Waals surface area (Å²) >= 11 is 3.15. The van der Waals surface area contributed by atoms with E-state index in [1.807, 2.05) is 0 Å². The highest BCUT2D eigenvalue weighted by Gasteiger charge is 2.36. The minimum atomic E-state index is -4.54. The lowest BCUT2D eigenvalue weighted by molar-refractivity contribution is -0.137. The summed E-state index contributed by atoms with van der Waals surface area (Å²) in [7, 11) is 1.07. The van der Waals surface area contributed by atoms with E-state index >= 15 is 0 Å². The number of hydrogen-bond acceptors (Lipinski definition) is 4. The highest BCUT2D eigenvalue weighted by atomic mass is 79.9. The Balaban J connectivity index is 3.12. The van der Waals surface area contributed by atoms with Crippen LogP contribution in [0.4, 0.5) is 13.2 Å². The molecule has 0 N–H and O–H groups in total. The summed E-state index contributed by atoms with van der Waals surface area (Å²) in [6, 6.07) is 0. The quantitative estimate of drug-likeness (QED) is 0.746. The lowest BCUT2D eigenvalue weighted by Gasteiger charge is -1.98. The average Bonchev–Trinajstić information content (AvgIpc) is 2.45. The minimum absolute atomic E-state index is 0.0108. The zero-order valence-electron chi connectivity index (χ0n) is 6.68. The van der Waals surface area contributed by atoms with Crippen LogP contribution in [0.25, 0.3) is 0 Å². The number of aromatic nitrogens is 1. The van der Waals surface area contributed by atoms with Gasteiger partial charge in [0.05, 0.1) is 7.11 Å². The molecule has 0 bridgehead atoms. The fraction of sp³-hybridized carbons (Fsp3) is 0.333. The van der Waals surface area contributed by atoms with Crippen LogP contribution in [0.1, 0.15) is 15.5 Å². The molecule has 0 radical (unpaired) electrons. The van der Waals surface area contributed by atoms with Crippen LogP contribution in [0.2, 0.25) is 0 Å². The Morgan fingerprint density at radius 3 is 2.50 bits per heavy atom. The smallest absolute Gasteiger partial charge is 0.443 e. The van der Waals surface area contributed by atoms with Crippen molar-refractivity contribution in [3.63, 3.8) is 0 Å². The molecule has 0 spiro atoms. The van der Waals surface area contributed by atoms with Crippen LogP contribution in [0.3, 0.4) is 0 Å². The second kappa shape index (κ2) is 3.85. The number of halogens is 4. The van der Waals surface area contributed by atoms with E-state index in [2.05, 4.69) is 25.7 Å². The Labute approximate surface area is 89.0 Å². The third-order valence-electron chi connectivity index (χ3n) is 1.21. The van der Waals surface area contributed by atoms with Crippen LogP contribution < -0.4 is 0 Å². The van der Waals surface area contributed by atoms with Gasteiger partial charge < -0.3 is 4.74 Å². The van der Waals surface area contributed by atoms with Crippen molar-refractivity contribution < 1.29 is 22.7 Å². The summed E-state index contributed by atoms with van der Waals surface area (Å²) in [6.45, 7) is 0. The van der Waals surface area contributed by atoms with Crippen LogP contribution >= 0.6 is 27.3 Å². The van der Waals surface area contributed by atoms with Gasteiger partial charge in [-0.15, -0.1) is 11.3 Å². The van der Waals surface area contributed by atoms with Crippen LogP contribution in [0, 0.1) is 0 Å². The van der Waals surface area contributed by atoms with E-state index in [9.17, 15) is 18.0 Å². The molecule has 1 aromatic rings. The Morgan fingerprint density at radius 1 is 1.57 bits per heavy atom. The van der Waals surface area contributed by atoms with E-state index in [4.69, 9.17) is 0 Å². The number of rotatable bonds is 1. The zero-order valence-corrected chi connectivity index (χ0v) is 9.09. The van der Waals surface area contributed by atoms with E-state index in [0.29, 0.717) is 11.3 Å². The highest BCUT2D eigenvalue weighted by Crippen LogP contribution is 2.36. The summed E-state index contributed by atoms with van der Waals surface area (Å²) in [4.78, 5) is 14.0. The first-order valence-corrected chi connectivity index (χ1v) is 4.79. The molecule has 0 fully saturated rings. The molecule has 8 heteroatoms. The van der Waals surface area contributed by atoms with Gasteiger partial charge in [-0.05, 0) is 15.9 Å². The first-order valence-electron chi connectivity index (χ1n) is 3.18. The molecule has 14 heavy (non-hydrogen) atoms. The first-order chi connectivity index (χ1) is 6.36. The molecule has 1 heterocycles. The van der Waals surface area contributed by atoms with Crippen molar-refractivity contribution in [3.8, 4) is 0 Å². The number of esters is 1. The van der Waals surface area contributed by atoms with Gasteiger partial charge in [-0.3, -0.25) is 0 Å². The molecule has 0 aromatic carbocycles. The van der Waals surface area contributed by atoms with Crippen LogP contribution in [-0.2, 0) is 10.9 Å². The molecule has 1 rings (SSSR count). The molecule has 0 aliphatic rings. The third-order valence-corrected chi connectivity index (χ3v) is 2.96. The second-order valence-corrected chi connectivity index (χ2v) is 4.45. The SMILES string of the molecule is COC(=O)c1nc(C(F)(F)F)sc1Br. The van der Waals surface area contributed by atoms with Gasteiger partial charge in [-0.1, -0.05) is 0 Å². The van der Waals surface area contributed by atoms with Gasteiger partial charge in [0, 0.05) is 0 Å². The van der Waals surface area contributed by atoms with Crippen molar-refractivity contribution in [2.24, 2.45) is 0 Å². The van der Waals surface area contributed by atoms with Gasteiger partial charge in [-0.2, -0.15) is 13.2 Å². The number of thiazole rings is 1. The number of ether oxygens (including phenoxy) is 1. The average molecular weight is 290 g/mol. The number of nitrogens with zero attached hydrogens (tertiary/aromatic N) is 1. The largest absolute Gasteiger partial charge is 0.464 e. The zero-order chi connectivity index (χ0) is 10.9. The van der Waals surface area contributed by atoms with Gasteiger partial charge in [0.25, 0.3) is 0 Å². The number of carbonyl (C=O) groups is 1. The molecule has 0 saturated heterocycles. The second-order valence-electron chi connectivity index (χ2n) is 2.13. The van der Waals surface area contributed by atoms with E-state index in [-0.39, 0.29) is 9.48 Å². The molecule has 0 amide bonds. The highest BCUT2D eigenvalue weighted by molar-refractivity contribution is 9.11. The van der Waals surface area contributed by atoms with Gasteiger partial charge in [0.15, 0.2) is 10.7 Å². The maximum Gasteiger partial charge on any atom is 0.443 e. The normalized spacial score (nSPS) is 11.5. The number of alkyl halides is 3. The molecule has 0 unspecified atom stereocenters. The van der Waals surface area contributed by atoms with Gasteiger partial charge in [-0.25, -0.2) is 9.78 Å². The molecule has 78 valence electrons. The van der Waals surface area contributed by atoms with Gasteiger partial charge in [0.2, 0.25) is 0 Å². The minimum Gasteiger partial charge on any atom is -0.464 e. The maximum atomic E-state index is 12.1. The fourth-order valence-corrected chi connectivity index (χ4v) is 2.00. The van der Waals surface area contributed by atoms with Crippen molar-refractivity contribution in [2.45, 2.75) is 6.18 Å². The molecule has 3 nitrogen and oxygen atoms in total. The van der Waals surface area contributed by atoms with Crippen LogP contribution in [0.15, 0.2) is 3.79 Å². The lowest BCUT2D eigenvalue weighted by Crippen LogP contribution is -2.07. The van der Waals surface area contributed by atoms with Crippen molar-refractivity contribution in [2.75, 3.05) is 7.11 Å². The topological polar surface area (TPSA) is 39.2 Å². The number of carbonyl (C=O) groups excluding carboxylic acids is 1. The van der Waals surface area contributed by atoms with E-state index in [0.717, 1.165) is 7.11 Å². The molecule has 0 aliphatic carbocycles. The molecular formula is C6H3BrF3NO2S. The Morgan fingerprint density at radius 2 is 2.14 bits per heavy atom. The van der Waals surface area contributed by atoms with E-state index in [1.165, 1.54) is 0 Å². The molecular weight excluding hydrogens is 287 g/mol. The standard InChI is InChI=1S/C6H3BrF3NO2S/c1-13-4(12)2-3(7)14-5(11-2)6(8,9)10/h1H3. The number of methoxy groups -OCH3 is 1. The van der Waals surface area contributed by atoms with Crippen molar-refractivity contribution in [1.82, 2.24) is 4.98 Å². The molecule has 0 saturated carbocycles. The van der Waals surface area contributed by atoms with Crippen molar-refractivity contribution >= 4 is 33.2 Å². The summed E-state index contributed by atoms with van der Waals surface area (Å²) in [6.07, 6.45) is -4.54. The summed E-state index contributed by atoms with van der Waals surface area (Å²) in [5.74, 6) is -0.899. The van der Waals surface area contributed by atoms with Crippen molar-refractivity contribution in [1.29, 1.82) is 0 Å². The van der Waals surface area contributed by atoms with Gasteiger partial charge >= 0.3 is 12.1 Å². The Kier molecular flexibility index (Phi) is 3.15. The lowest BCUT2D eigenvalue weighted by atomic mass is 10.5. The first kappa shape index (κ1) is 11.4. The van der Waals surface area contributed by atoms with Crippen LogP contribution in [-0.4, -0.2) is 18.1 Å². The summed E-state index contributed by atoms with van der Waals surface area (Å²) in [5.41, 5.74) is -0.357. The fourth-order valence-electron chi connectivity index (χ4n) is 0.645. The van der Waals surface area contributed by atoms with E-state index < -0.39 is 17.2 Å². The maximum absolute atomic E-state index is 12.1. The van der Waals surface area contributed by atoms with E-state index in [1.54, 1.807) is 0 Å². The summed E-state index contributed by atoms with van der Waals surface area (Å²) in [5, 5.41) is -1.08. The predicted molar refractivity (Wildman–Crippen MR) is 46.2 cm³/mol. The molecule has 0 atom stereocenters. The van der Waals surface area contributed by atoms with Crippen molar-refractivity contribution in [3.05, 3.63) is 14.5 Å². The third kappa shape index (κ3) is 2.24. The monoisotopic (exact) mass is 289 g/mol. The number of hydrogen-bond donors (Lipinski definition) is 0. The van der Waals surface area contributed by atoms with Gasteiger partial charge in [0.1, 0.15) is 3.79 Å². The molecule has 1 aromatic heterocycles. The predicted octanol–water partition coefficient (Wildman–Crippen LogP) is 2.71. The Bertz CT molecular complexity index is 362. The van der Waals surface area contributed by atoms with Crippen LogP contribution in [0.5, 0.6) is 0 Å². The summed E-state index contributed by atoms with van der Waals surface area (Å²) < 4.78 is 40.6.